The Balaban J connectivity index is 1.97. The van der Waals surface area contributed by atoms with Gasteiger partial charge < -0.3 is 40.0 Å². The van der Waals surface area contributed by atoms with Gasteiger partial charge in [-0.3, -0.25) is 0 Å². The minimum absolute atomic E-state index is 0.175. The van der Waals surface area contributed by atoms with Gasteiger partial charge in [0.15, 0.2) is 6.29 Å². The summed E-state index contributed by atoms with van der Waals surface area (Å²) in [7, 11) is 1.58. The number of unbranched alkanes of at least 4 members (excludes halogenated alkanes) is 13. The average molecular weight is 492 g/mol. The molecule has 0 saturated carbocycles. The van der Waals surface area contributed by atoms with E-state index in [1.165, 1.54) is 83.5 Å². The molecule has 0 spiro atoms. The summed E-state index contributed by atoms with van der Waals surface area (Å²) < 4.78 is 22.2. The molecule has 0 radical (unpaired) electrons. The van der Waals surface area contributed by atoms with Gasteiger partial charge in [-0.15, -0.1) is 0 Å². The van der Waals surface area contributed by atoms with Crippen molar-refractivity contribution in [1.82, 2.24) is 0 Å². The van der Waals surface area contributed by atoms with Crippen molar-refractivity contribution in [3.63, 3.8) is 0 Å². The van der Waals surface area contributed by atoms with E-state index in [-0.39, 0.29) is 12.7 Å². The van der Waals surface area contributed by atoms with Gasteiger partial charge in [0.1, 0.15) is 24.4 Å². The molecule has 6 atom stereocenters. The highest BCUT2D eigenvalue weighted by Crippen LogP contribution is 2.21. The molecule has 1 fully saturated rings. The Morgan fingerprint density at radius 2 is 1.32 bits per heavy atom. The van der Waals surface area contributed by atoms with Gasteiger partial charge in [0.25, 0.3) is 0 Å². The molecule has 0 aliphatic carbocycles. The summed E-state index contributed by atoms with van der Waals surface area (Å²) in [6.07, 6.45) is 14.0. The first-order chi connectivity index (χ1) is 16.5. The van der Waals surface area contributed by atoms with Crippen LogP contribution in [0.1, 0.15) is 96.8 Å². The molecule has 0 aromatic rings. The summed E-state index contributed by atoms with van der Waals surface area (Å²) >= 11 is 0. The van der Waals surface area contributed by atoms with Crippen LogP contribution < -0.4 is 5.73 Å². The molecule has 34 heavy (non-hydrogen) atoms. The van der Waals surface area contributed by atoms with Gasteiger partial charge in [-0.05, 0) is 6.42 Å². The first-order valence-electron chi connectivity index (χ1n) is 13.6. The van der Waals surface area contributed by atoms with Crippen molar-refractivity contribution in [2.75, 3.05) is 33.5 Å². The topological polar surface area (TPSA) is 124 Å². The predicted octanol–water partition coefficient (Wildman–Crippen LogP) is 3.28. The summed E-state index contributed by atoms with van der Waals surface area (Å²) in [5.74, 6) is 0. The summed E-state index contributed by atoms with van der Waals surface area (Å²) in [6, 6.07) is -0.910. The second-order valence-corrected chi connectivity index (χ2v) is 9.65. The highest BCUT2D eigenvalue weighted by molar-refractivity contribution is 4.91. The zero-order valence-corrected chi connectivity index (χ0v) is 21.7. The molecular formula is C26H53NO7. The van der Waals surface area contributed by atoms with Crippen LogP contribution in [0.15, 0.2) is 0 Å². The maximum atomic E-state index is 10.00. The summed E-state index contributed by atoms with van der Waals surface area (Å²) in [6.45, 7) is 3.10. The van der Waals surface area contributed by atoms with E-state index in [0.29, 0.717) is 13.2 Å². The Morgan fingerprint density at radius 3 is 1.82 bits per heavy atom. The number of rotatable bonds is 22. The van der Waals surface area contributed by atoms with E-state index in [1.807, 2.05) is 0 Å². The summed E-state index contributed by atoms with van der Waals surface area (Å²) in [4.78, 5) is 0. The third-order valence-electron chi connectivity index (χ3n) is 6.65. The first-order valence-corrected chi connectivity index (χ1v) is 13.6. The number of methoxy groups -OCH3 is 1. The highest BCUT2D eigenvalue weighted by atomic mass is 16.7. The first kappa shape index (κ1) is 31.7. The highest BCUT2D eigenvalue weighted by Gasteiger charge is 2.43. The van der Waals surface area contributed by atoms with Crippen molar-refractivity contribution < 1.29 is 34.3 Å². The van der Waals surface area contributed by atoms with Gasteiger partial charge in [0.05, 0.1) is 25.9 Å². The van der Waals surface area contributed by atoms with Crippen molar-refractivity contribution in [1.29, 1.82) is 0 Å². The van der Waals surface area contributed by atoms with E-state index >= 15 is 0 Å². The Bertz CT molecular complexity index is 455. The van der Waals surface area contributed by atoms with Crippen molar-refractivity contribution in [2.45, 2.75) is 134 Å². The molecule has 204 valence electrons. The van der Waals surface area contributed by atoms with Crippen LogP contribution in [0.4, 0.5) is 0 Å². The molecule has 0 bridgehead atoms. The molecule has 3 unspecified atom stereocenters. The van der Waals surface area contributed by atoms with Crippen LogP contribution in [0, 0.1) is 0 Å². The molecule has 8 heteroatoms. The average Bonchev–Trinajstić information content (AvgIpc) is 2.85. The van der Waals surface area contributed by atoms with Gasteiger partial charge in [0.2, 0.25) is 0 Å². The Labute approximate surface area is 207 Å². The number of aliphatic hydroxyl groups excluding tert-OH is 3. The molecular weight excluding hydrogens is 438 g/mol. The minimum Gasteiger partial charge on any atom is -0.394 e. The van der Waals surface area contributed by atoms with Gasteiger partial charge in [0, 0.05) is 13.7 Å². The van der Waals surface area contributed by atoms with Crippen LogP contribution in [0.3, 0.4) is 0 Å². The Hall–Kier alpha value is -0.320. The molecule has 1 aliphatic rings. The van der Waals surface area contributed by atoms with E-state index in [0.717, 1.165) is 6.42 Å². The van der Waals surface area contributed by atoms with Gasteiger partial charge in [-0.1, -0.05) is 90.4 Å². The van der Waals surface area contributed by atoms with Crippen molar-refractivity contribution in [2.24, 2.45) is 5.73 Å². The van der Waals surface area contributed by atoms with Gasteiger partial charge >= 0.3 is 0 Å². The molecule has 1 rings (SSSR count). The van der Waals surface area contributed by atoms with Crippen LogP contribution in [0.5, 0.6) is 0 Å². The van der Waals surface area contributed by atoms with Gasteiger partial charge in [-0.25, -0.2) is 0 Å². The largest absolute Gasteiger partial charge is 0.394 e. The Kier molecular flexibility index (Phi) is 19.4. The van der Waals surface area contributed by atoms with E-state index in [4.69, 9.17) is 24.7 Å². The van der Waals surface area contributed by atoms with Crippen molar-refractivity contribution in [3.8, 4) is 0 Å². The van der Waals surface area contributed by atoms with Gasteiger partial charge in [-0.2, -0.15) is 0 Å². The van der Waals surface area contributed by atoms with Crippen LogP contribution in [-0.2, 0) is 18.9 Å². The summed E-state index contributed by atoms with van der Waals surface area (Å²) in [5, 5.41) is 29.1. The SMILES string of the molecule is CCCCCCCCCCCCCCCCOCC(CO[C@H]1OC(CO)[C@H](O)[C@H](O)C1N)OC. The number of ether oxygens (including phenoxy) is 4. The van der Waals surface area contributed by atoms with E-state index in [2.05, 4.69) is 6.92 Å². The van der Waals surface area contributed by atoms with Crippen molar-refractivity contribution >= 4 is 0 Å². The lowest BCUT2D eigenvalue weighted by molar-refractivity contribution is -0.271. The fourth-order valence-corrected chi connectivity index (χ4v) is 4.25. The van der Waals surface area contributed by atoms with Crippen LogP contribution >= 0.6 is 0 Å². The molecule has 0 aromatic heterocycles. The van der Waals surface area contributed by atoms with Crippen molar-refractivity contribution in [3.05, 3.63) is 0 Å². The number of hydrogen-bond donors (Lipinski definition) is 4. The maximum Gasteiger partial charge on any atom is 0.175 e. The molecule has 0 amide bonds. The van der Waals surface area contributed by atoms with Crippen LogP contribution in [0.2, 0.25) is 0 Å². The number of hydrogen-bond acceptors (Lipinski definition) is 8. The normalized spacial score (nSPS) is 26.1. The molecule has 1 saturated heterocycles. The molecule has 5 N–H and O–H groups in total. The maximum absolute atomic E-state index is 10.00. The number of aliphatic hydroxyl groups is 3. The minimum atomic E-state index is -1.24. The zero-order chi connectivity index (χ0) is 25.0. The quantitative estimate of drug-likeness (QED) is 0.170. The molecule has 0 aromatic carbocycles. The van der Waals surface area contributed by atoms with E-state index in [9.17, 15) is 15.3 Å². The molecule has 8 nitrogen and oxygen atoms in total. The monoisotopic (exact) mass is 491 g/mol. The fourth-order valence-electron chi connectivity index (χ4n) is 4.25. The van der Waals surface area contributed by atoms with Crippen LogP contribution in [-0.4, -0.2) is 85.6 Å². The number of nitrogens with two attached hydrogens (primary N) is 1. The Morgan fingerprint density at radius 1 is 0.794 bits per heavy atom. The fraction of sp³-hybridized carbons (Fsp3) is 1.00. The predicted molar refractivity (Wildman–Crippen MR) is 134 cm³/mol. The van der Waals surface area contributed by atoms with E-state index < -0.39 is 37.3 Å². The standard InChI is InChI=1S/C26H53NO7/c1-3-4-5-6-7-8-9-10-11-12-13-14-15-16-17-32-19-21(31-2)20-33-26-23(27)25(30)24(29)22(18-28)34-26/h21-26,28-30H,3-20,27H2,1-2H3/t21?,22?,23?,24-,25+,26-/m0/s1. The lowest BCUT2D eigenvalue weighted by Gasteiger charge is -2.40. The molecule has 1 aliphatic heterocycles. The zero-order valence-electron chi connectivity index (χ0n) is 21.7. The third-order valence-corrected chi connectivity index (χ3v) is 6.65. The smallest absolute Gasteiger partial charge is 0.175 e. The van der Waals surface area contributed by atoms with Crippen LogP contribution in [0.25, 0.3) is 0 Å². The lowest BCUT2D eigenvalue weighted by Crippen LogP contribution is -2.62. The second-order valence-electron chi connectivity index (χ2n) is 9.65. The summed E-state index contributed by atoms with van der Waals surface area (Å²) in [5.41, 5.74) is 5.88. The molecule has 1 heterocycles. The lowest BCUT2D eigenvalue weighted by atomic mass is 9.98. The third kappa shape index (κ3) is 13.7. The second kappa shape index (κ2) is 20.8. The van der Waals surface area contributed by atoms with E-state index in [1.54, 1.807) is 7.11 Å².